The first-order valence-corrected chi connectivity index (χ1v) is 24.5. The number of methoxy groups -OCH3 is 1. The van der Waals surface area contributed by atoms with Crippen molar-refractivity contribution in [2.24, 2.45) is 5.73 Å². The second kappa shape index (κ2) is 24.4. The van der Waals surface area contributed by atoms with Gasteiger partial charge in [-0.25, -0.2) is 4.98 Å². The van der Waals surface area contributed by atoms with Crippen LogP contribution >= 0.6 is 0 Å². The minimum absolute atomic E-state index is 0.152. The molecule has 1 fully saturated rings. The molecule has 3 heterocycles. The summed E-state index contributed by atoms with van der Waals surface area (Å²) in [5.41, 5.74) is 13.3. The van der Waals surface area contributed by atoms with E-state index in [-0.39, 0.29) is 13.2 Å². The Hall–Kier alpha value is -6.41. The van der Waals surface area contributed by atoms with Crippen LogP contribution in [0, 0.1) is 0 Å². The third kappa shape index (κ3) is 11.6. The van der Waals surface area contributed by atoms with Gasteiger partial charge in [0.1, 0.15) is 35.7 Å². The molecule has 1 aliphatic heterocycles. The van der Waals surface area contributed by atoms with E-state index in [1.54, 1.807) is 7.11 Å². The fourth-order valence-corrected chi connectivity index (χ4v) is 9.54. The molecule has 0 spiro atoms. The number of hydrogen-bond donors (Lipinski definition) is 2. The zero-order valence-corrected chi connectivity index (χ0v) is 39.9. The molecule has 2 aromatic heterocycles. The van der Waals surface area contributed by atoms with Crippen molar-refractivity contribution < 1.29 is 33.2 Å². The number of nitrogens with zero attached hydrogens (tertiary/aromatic N) is 2. The lowest BCUT2D eigenvalue weighted by Crippen LogP contribution is -2.62. The Bertz CT molecular complexity index is 2710. The molecule has 6 aromatic carbocycles. The lowest BCUT2D eigenvalue weighted by molar-refractivity contribution is -0.328. The summed E-state index contributed by atoms with van der Waals surface area (Å²) in [4.78, 5) is 8.45. The molecule has 9 rings (SSSR count). The predicted octanol–water partition coefficient (Wildman–Crippen LogP) is 10.4. The molecule has 8 aromatic rings. The Balaban J connectivity index is 1.06. The Morgan fingerprint density at radius 1 is 0.614 bits per heavy atom. The highest BCUT2D eigenvalue weighted by Gasteiger charge is 2.49. The van der Waals surface area contributed by atoms with Gasteiger partial charge in [0, 0.05) is 29.9 Å². The molecule has 362 valence electrons. The van der Waals surface area contributed by atoms with Crippen molar-refractivity contribution in [1.29, 1.82) is 0 Å². The monoisotopic (exact) mass is 940 g/mol. The van der Waals surface area contributed by atoms with Crippen LogP contribution in [-0.2, 0) is 60.2 Å². The molecule has 0 aliphatic carbocycles. The van der Waals surface area contributed by atoms with Crippen LogP contribution in [0.5, 0.6) is 5.75 Å². The van der Waals surface area contributed by atoms with Crippen molar-refractivity contribution in [2.75, 3.05) is 33.5 Å². The van der Waals surface area contributed by atoms with Gasteiger partial charge in [-0.15, -0.1) is 0 Å². The number of rotatable bonds is 25. The van der Waals surface area contributed by atoms with Crippen molar-refractivity contribution in [1.82, 2.24) is 14.5 Å². The maximum Gasteiger partial charge on any atom is 0.186 e. The second-order valence-corrected chi connectivity index (χ2v) is 17.7. The maximum absolute atomic E-state index is 7.12. The number of aromatic amines is 1. The van der Waals surface area contributed by atoms with Crippen molar-refractivity contribution in [3.8, 4) is 5.75 Å². The summed E-state index contributed by atoms with van der Waals surface area (Å²) in [7, 11) is 1.69. The van der Waals surface area contributed by atoms with Gasteiger partial charge in [0.25, 0.3) is 0 Å². The molecule has 5 atom stereocenters. The van der Waals surface area contributed by atoms with Gasteiger partial charge in [0.15, 0.2) is 6.29 Å². The molecule has 70 heavy (non-hydrogen) atoms. The van der Waals surface area contributed by atoms with E-state index in [1.165, 1.54) is 10.9 Å². The molecule has 11 nitrogen and oxygen atoms in total. The topological polar surface area (TPSA) is 124 Å². The molecule has 3 N–H and O–H groups in total. The van der Waals surface area contributed by atoms with E-state index in [0.29, 0.717) is 39.4 Å². The van der Waals surface area contributed by atoms with Crippen molar-refractivity contribution in [3.05, 3.63) is 228 Å². The number of nitrogens with one attached hydrogen (secondary N) is 1. The number of aromatic nitrogens is 3. The average Bonchev–Trinajstić information content (AvgIpc) is 4.07. The summed E-state index contributed by atoms with van der Waals surface area (Å²) in [5.74, 6) is 0.777. The molecule has 0 amide bonds. The van der Waals surface area contributed by atoms with Gasteiger partial charge >= 0.3 is 0 Å². The number of H-pyrrole nitrogens is 1. The lowest BCUT2D eigenvalue weighted by Gasteiger charge is -2.45. The van der Waals surface area contributed by atoms with Crippen molar-refractivity contribution >= 4 is 10.9 Å². The van der Waals surface area contributed by atoms with Crippen LogP contribution in [0.2, 0.25) is 0 Å². The van der Waals surface area contributed by atoms with E-state index in [1.807, 2.05) is 73.1 Å². The quantitative estimate of drug-likeness (QED) is 0.0426. The van der Waals surface area contributed by atoms with Crippen LogP contribution in [0.4, 0.5) is 0 Å². The van der Waals surface area contributed by atoms with E-state index in [0.717, 1.165) is 64.0 Å². The largest absolute Gasteiger partial charge is 0.497 e. The van der Waals surface area contributed by atoms with Crippen LogP contribution in [0.1, 0.15) is 58.3 Å². The van der Waals surface area contributed by atoms with Crippen LogP contribution in [0.3, 0.4) is 0 Å². The van der Waals surface area contributed by atoms with Crippen LogP contribution in [-0.4, -0.2) is 78.7 Å². The Kier molecular flexibility index (Phi) is 17.0. The maximum atomic E-state index is 7.12. The van der Waals surface area contributed by atoms with E-state index in [2.05, 4.69) is 125 Å². The highest BCUT2D eigenvalue weighted by molar-refractivity contribution is 5.83. The van der Waals surface area contributed by atoms with Gasteiger partial charge < -0.3 is 48.4 Å². The first kappa shape index (κ1) is 48.6. The zero-order chi connectivity index (χ0) is 47.8. The molecule has 0 radical (unpaired) electrons. The number of ether oxygens (including phenoxy) is 7. The van der Waals surface area contributed by atoms with Gasteiger partial charge in [-0.3, -0.25) is 0 Å². The highest BCUT2D eigenvalue weighted by Crippen LogP contribution is 2.42. The lowest BCUT2D eigenvalue weighted by atomic mass is 9.76. The Morgan fingerprint density at radius 2 is 1.21 bits per heavy atom. The summed E-state index contributed by atoms with van der Waals surface area (Å²) < 4.78 is 49.1. The van der Waals surface area contributed by atoms with Crippen molar-refractivity contribution in [3.63, 3.8) is 0 Å². The van der Waals surface area contributed by atoms with Gasteiger partial charge in [-0.05, 0) is 83.8 Å². The predicted molar refractivity (Wildman–Crippen MR) is 272 cm³/mol. The molecule has 0 unspecified atom stereocenters. The minimum atomic E-state index is -0.804. The number of imidazole rings is 1. The zero-order valence-electron chi connectivity index (χ0n) is 39.9. The van der Waals surface area contributed by atoms with E-state index in [4.69, 9.17) is 43.9 Å². The SMILES string of the molecule is COc1ccc(C(c2ccccc2)(c2ccccc2)n2cnc(CO[C@H]3[C@H](OCc4ccccc4)[C@@H](OCc4ccccc4)[C@H](OCCc4c[nH]c5ccccc45)O[C@@H]3COCCCCCN)c2)cc1. The molecule has 1 saturated heterocycles. The number of hydrogen-bond acceptors (Lipinski definition) is 9. The first-order valence-electron chi connectivity index (χ1n) is 24.5. The third-order valence-corrected chi connectivity index (χ3v) is 13.1. The molecule has 11 heteroatoms. The van der Waals surface area contributed by atoms with E-state index < -0.39 is 36.2 Å². The number of unbranched alkanes of at least 4 members (excludes halogenated alkanes) is 2. The van der Waals surface area contributed by atoms with E-state index >= 15 is 0 Å². The molecular weight excluding hydrogens is 877 g/mol. The highest BCUT2D eigenvalue weighted by atomic mass is 16.7. The third-order valence-electron chi connectivity index (χ3n) is 13.1. The summed E-state index contributed by atoms with van der Waals surface area (Å²) in [5, 5.41) is 1.17. The smallest absolute Gasteiger partial charge is 0.186 e. The second-order valence-electron chi connectivity index (χ2n) is 17.7. The Morgan fingerprint density at radius 3 is 1.87 bits per heavy atom. The summed E-state index contributed by atoms with van der Waals surface area (Å²) in [6.07, 6.45) is 6.13. The molecular formula is C59H64N4O7. The van der Waals surface area contributed by atoms with Crippen LogP contribution in [0.15, 0.2) is 189 Å². The summed E-state index contributed by atoms with van der Waals surface area (Å²) >= 11 is 0. The average molecular weight is 941 g/mol. The first-order chi connectivity index (χ1) is 34.6. The normalized spacial score (nSPS) is 18.3. The van der Waals surface area contributed by atoms with Gasteiger partial charge in [-0.1, -0.05) is 152 Å². The molecule has 1 aliphatic rings. The fourth-order valence-electron chi connectivity index (χ4n) is 9.54. The summed E-state index contributed by atoms with van der Waals surface area (Å²) in [6.45, 7) is 2.63. The van der Waals surface area contributed by atoms with Crippen LogP contribution in [0.25, 0.3) is 10.9 Å². The molecule has 0 bridgehead atoms. The van der Waals surface area contributed by atoms with Gasteiger partial charge in [-0.2, -0.15) is 0 Å². The summed E-state index contributed by atoms with van der Waals surface area (Å²) in [6, 6.07) is 57.9. The van der Waals surface area contributed by atoms with Crippen molar-refractivity contribution in [2.45, 2.75) is 81.7 Å². The number of para-hydroxylation sites is 1. The minimum Gasteiger partial charge on any atom is -0.497 e. The fraction of sp³-hybridized carbons (Fsp3) is 0.305. The van der Waals surface area contributed by atoms with Gasteiger partial charge in [0.2, 0.25) is 0 Å². The number of nitrogens with two attached hydrogens (primary N) is 1. The van der Waals surface area contributed by atoms with Gasteiger partial charge in [0.05, 0.1) is 52.2 Å². The standard InChI is InChI=1S/C59H64N4O7/c1-64-51-31-29-49(30-32-51)59(47-23-11-4-12-24-47,48-25-13-5-14-26-48)63-38-50(62-43-63)41-69-55-54(42-65-35-18-6-17-34-60)70-58(66-36-33-46-37-61-53-28-16-15-27-52(46)53)57(68-40-45-21-9-3-10-22-45)56(55)67-39-44-19-7-2-8-20-44/h2-5,7-16,19-32,37-38,43,54-58,61H,6,17-18,33-36,39-42,60H2,1H3/t54-,55-,56+,57-,58-/m1/s1. The molecule has 0 saturated carbocycles. The Labute approximate surface area is 411 Å². The number of fused-ring (bicyclic) bond motifs is 1. The van der Waals surface area contributed by atoms with Crippen LogP contribution < -0.4 is 10.5 Å². The van der Waals surface area contributed by atoms with E-state index in [9.17, 15) is 0 Å². The number of benzene rings is 6.